The standard InChI is InChI=1S/C15H22N4OS/c1-4-16-13-8-15(18-14(17-13)10-20-5-2)19(3)9-12-6-7-21-11-12/h6-8,11H,4-5,9-10H2,1-3H3,(H,16,17,18). The zero-order valence-corrected chi connectivity index (χ0v) is 13.6. The summed E-state index contributed by atoms with van der Waals surface area (Å²) in [5.74, 6) is 2.46. The number of anilines is 2. The molecule has 0 amide bonds. The number of aromatic nitrogens is 2. The van der Waals surface area contributed by atoms with Crippen molar-refractivity contribution in [2.24, 2.45) is 0 Å². The summed E-state index contributed by atoms with van der Waals surface area (Å²) in [7, 11) is 2.04. The van der Waals surface area contributed by atoms with Crippen LogP contribution in [0, 0.1) is 0 Å². The molecule has 0 fully saturated rings. The van der Waals surface area contributed by atoms with Crippen molar-refractivity contribution in [2.45, 2.75) is 27.0 Å². The van der Waals surface area contributed by atoms with Gasteiger partial charge in [-0.2, -0.15) is 11.3 Å². The van der Waals surface area contributed by atoms with Crippen molar-refractivity contribution in [3.63, 3.8) is 0 Å². The summed E-state index contributed by atoms with van der Waals surface area (Å²) >= 11 is 1.71. The highest BCUT2D eigenvalue weighted by Crippen LogP contribution is 2.18. The average molecular weight is 306 g/mol. The molecular weight excluding hydrogens is 284 g/mol. The van der Waals surface area contributed by atoms with E-state index in [0.717, 1.165) is 24.7 Å². The molecule has 0 radical (unpaired) electrons. The lowest BCUT2D eigenvalue weighted by molar-refractivity contribution is 0.128. The highest BCUT2D eigenvalue weighted by Gasteiger charge is 2.09. The van der Waals surface area contributed by atoms with Crippen LogP contribution in [0.5, 0.6) is 0 Å². The fraction of sp³-hybridized carbons (Fsp3) is 0.467. The van der Waals surface area contributed by atoms with Gasteiger partial charge in [-0.15, -0.1) is 0 Å². The number of nitrogens with one attached hydrogen (secondary N) is 1. The quantitative estimate of drug-likeness (QED) is 0.812. The fourth-order valence-corrected chi connectivity index (χ4v) is 2.61. The summed E-state index contributed by atoms with van der Waals surface area (Å²) in [5, 5.41) is 7.49. The molecule has 0 saturated heterocycles. The molecule has 2 aromatic heterocycles. The largest absolute Gasteiger partial charge is 0.374 e. The predicted octanol–water partition coefficient (Wildman–Crippen LogP) is 3.14. The summed E-state index contributed by atoms with van der Waals surface area (Å²) in [6.07, 6.45) is 0. The van der Waals surface area contributed by atoms with Crippen LogP contribution in [0.15, 0.2) is 22.9 Å². The first kappa shape index (κ1) is 15.7. The van der Waals surface area contributed by atoms with Crippen LogP contribution in [0.2, 0.25) is 0 Å². The first-order valence-electron chi connectivity index (χ1n) is 7.14. The second-order valence-electron chi connectivity index (χ2n) is 4.68. The third kappa shape index (κ3) is 4.68. The van der Waals surface area contributed by atoms with E-state index in [1.54, 1.807) is 11.3 Å². The summed E-state index contributed by atoms with van der Waals surface area (Å²) < 4.78 is 5.42. The third-order valence-corrected chi connectivity index (χ3v) is 3.68. The maximum Gasteiger partial charge on any atom is 0.158 e. The molecule has 1 N–H and O–H groups in total. The van der Waals surface area contributed by atoms with Gasteiger partial charge in [0.25, 0.3) is 0 Å². The summed E-state index contributed by atoms with van der Waals surface area (Å²) in [6, 6.07) is 4.11. The van der Waals surface area contributed by atoms with Crippen LogP contribution in [0.4, 0.5) is 11.6 Å². The fourth-order valence-electron chi connectivity index (χ4n) is 1.95. The first-order valence-corrected chi connectivity index (χ1v) is 8.09. The van der Waals surface area contributed by atoms with E-state index in [2.05, 4.69) is 43.9 Å². The number of rotatable bonds is 8. The predicted molar refractivity (Wildman–Crippen MR) is 88.0 cm³/mol. The van der Waals surface area contributed by atoms with E-state index in [-0.39, 0.29) is 0 Å². The monoisotopic (exact) mass is 306 g/mol. The van der Waals surface area contributed by atoms with E-state index in [9.17, 15) is 0 Å². The molecule has 0 atom stereocenters. The lowest BCUT2D eigenvalue weighted by Gasteiger charge is -2.19. The molecule has 0 aliphatic rings. The number of thiophene rings is 1. The van der Waals surface area contributed by atoms with Crippen molar-refractivity contribution < 1.29 is 4.74 Å². The summed E-state index contributed by atoms with van der Waals surface area (Å²) in [5.41, 5.74) is 1.29. The molecule has 5 nitrogen and oxygen atoms in total. The molecule has 0 unspecified atom stereocenters. The Morgan fingerprint density at radius 3 is 2.86 bits per heavy atom. The Bertz CT molecular complexity index is 545. The van der Waals surface area contributed by atoms with Crippen LogP contribution < -0.4 is 10.2 Å². The van der Waals surface area contributed by atoms with Crippen molar-refractivity contribution in [3.8, 4) is 0 Å². The molecule has 0 bridgehead atoms. The molecule has 6 heteroatoms. The number of ether oxygens (including phenoxy) is 1. The summed E-state index contributed by atoms with van der Waals surface area (Å²) in [6.45, 7) is 6.79. The van der Waals surface area contributed by atoms with Gasteiger partial charge in [0.1, 0.15) is 18.2 Å². The SMILES string of the molecule is CCNc1cc(N(C)Cc2ccsc2)nc(COCC)n1. The molecule has 114 valence electrons. The van der Waals surface area contributed by atoms with E-state index < -0.39 is 0 Å². The second kappa shape index (κ2) is 7.95. The van der Waals surface area contributed by atoms with Crippen LogP contribution in [-0.2, 0) is 17.9 Å². The van der Waals surface area contributed by atoms with E-state index >= 15 is 0 Å². The third-order valence-electron chi connectivity index (χ3n) is 2.94. The minimum absolute atomic E-state index is 0.440. The van der Waals surface area contributed by atoms with Gasteiger partial charge in [-0.05, 0) is 36.2 Å². The Labute approximate surface area is 130 Å². The maximum atomic E-state index is 5.42. The van der Waals surface area contributed by atoms with Gasteiger partial charge in [0, 0.05) is 32.8 Å². The molecule has 0 saturated carbocycles. The van der Waals surface area contributed by atoms with Gasteiger partial charge < -0.3 is 15.0 Å². The normalized spacial score (nSPS) is 10.6. The van der Waals surface area contributed by atoms with Gasteiger partial charge in [0.15, 0.2) is 5.82 Å². The van der Waals surface area contributed by atoms with Gasteiger partial charge >= 0.3 is 0 Å². The minimum Gasteiger partial charge on any atom is -0.374 e. The average Bonchev–Trinajstić information content (AvgIpc) is 2.98. The number of hydrogen-bond donors (Lipinski definition) is 1. The van der Waals surface area contributed by atoms with Gasteiger partial charge in [-0.25, -0.2) is 9.97 Å². The van der Waals surface area contributed by atoms with Gasteiger partial charge in [0.2, 0.25) is 0 Å². The molecule has 0 aliphatic heterocycles. The lowest BCUT2D eigenvalue weighted by atomic mass is 10.3. The van der Waals surface area contributed by atoms with Crippen LogP contribution in [0.25, 0.3) is 0 Å². The zero-order chi connectivity index (χ0) is 15.1. The van der Waals surface area contributed by atoms with Crippen LogP contribution in [-0.4, -0.2) is 30.2 Å². The van der Waals surface area contributed by atoms with Crippen molar-refractivity contribution >= 4 is 23.0 Å². The minimum atomic E-state index is 0.440. The van der Waals surface area contributed by atoms with Crippen LogP contribution >= 0.6 is 11.3 Å². The number of hydrogen-bond acceptors (Lipinski definition) is 6. The first-order chi connectivity index (χ1) is 10.2. The molecule has 0 aromatic carbocycles. The van der Waals surface area contributed by atoms with Gasteiger partial charge in [-0.3, -0.25) is 0 Å². The van der Waals surface area contributed by atoms with Crippen LogP contribution in [0.1, 0.15) is 25.2 Å². The smallest absolute Gasteiger partial charge is 0.158 e. The van der Waals surface area contributed by atoms with E-state index in [0.29, 0.717) is 19.0 Å². The highest BCUT2D eigenvalue weighted by atomic mass is 32.1. The molecule has 2 heterocycles. The van der Waals surface area contributed by atoms with Gasteiger partial charge in [0.05, 0.1) is 0 Å². The Balaban J connectivity index is 2.17. The molecule has 2 rings (SSSR count). The Morgan fingerprint density at radius 1 is 1.33 bits per heavy atom. The van der Waals surface area contributed by atoms with Crippen molar-refractivity contribution in [3.05, 3.63) is 34.3 Å². The molecule has 0 aliphatic carbocycles. The zero-order valence-electron chi connectivity index (χ0n) is 12.8. The van der Waals surface area contributed by atoms with Crippen molar-refractivity contribution in [2.75, 3.05) is 30.4 Å². The molecule has 2 aromatic rings. The van der Waals surface area contributed by atoms with E-state index in [1.165, 1.54) is 5.56 Å². The van der Waals surface area contributed by atoms with E-state index in [4.69, 9.17) is 4.74 Å². The van der Waals surface area contributed by atoms with Crippen LogP contribution in [0.3, 0.4) is 0 Å². The topological polar surface area (TPSA) is 50.3 Å². The Kier molecular flexibility index (Phi) is 5.95. The molecular formula is C15H22N4OS. The number of nitrogens with zero attached hydrogens (tertiary/aromatic N) is 3. The maximum absolute atomic E-state index is 5.42. The highest BCUT2D eigenvalue weighted by molar-refractivity contribution is 7.07. The molecule has 0 spiro atoms. The molecule has 21 heavy (non-hydrogen) atoms. The Morgan fingerprint density at radius 2 is 2.19 bits per heavy atom. The second-order valence-corrected chi connectivity index (χ2v) is 5.46. The summed E-state index contributed by atoms with van der Waals surface area (Å²) in [4.78, 5) is 11.2. The Hall–Kier alpha value is -1.66. The van der Waals surface area contributed by atoms with Crippen molar-refractivity contribution in [1.82, 2.24) is 9.97 Å². The lowest BCUT2D eigenvalue weighted by Crippen LogP contribution is -2.19. The van der Waals surface area contributed by atoms with E-state index in [1.807, 2.05) is 20.0 Å². The van der Waals surface area contributed by atoms with Gasteiger partial charge in [-0.1, -0.05) is 0 Å². The van der Waals surface area contributed by atoms with Crippen molar-refractivity contribution in [1.29, 1.82) is 0 Å².